The Morgan fingerprint density at radius 3 is 2.71 bits per heavy atom. The van der Waals surface area contributed by atoms with E-state index < -0.39 is 8.32 Å². The minimum Gasteiger partial charge on any atom is -0.432 e. The van der Waals surface area contributed by atoms with E-state index in [9.17, 15) is 9.59 Å². The zero-order valence-electron chi connectivity index (χ0n) is 13.2. The number of nitrogens with one attached hydrogen (secondary N) is 1. The fraction of sp³-hybridized carbons (Fsp3) is 0.438. The topological polar surface area (TPSA) is 58.0 Å². The van der Waals surface area contributed by atoms with Crippen molar-refractivity contribution < 1.29 is 9.59 Å². The number of hydrogen-bond acceptors (Lipinski definition) is 2. The largest absolute Gasteiger partial charge is 0.432 e. The van der Waals surface area contributed by atoms with E-state index in [1.807, 2.05) is 36.0 Å². The lowest BCUT2D eigenvalue weighted by atomic mass is 10.1. The second-order valence-electron chi connectivity index (χ2n) is 6.71. The molecular formula is C16H24N2O2Si. The molecule has 21 heavy (non-hydrogen) atoms. The van der Waals surface area contributed by atoms with Crippen molar-refractivity contribution in [3.05, 3.63) is 42.0 Å². The molecule has 0 bridgehead atoms. The first-order valence-corrected chi connectivity index (χ1v) is 10.2. The smallest absolute Gasteiger partial charge is 0.188 e. The summed E-state index contributed by atoms with van der Waals surface area (Å²) in [6.07, 6.45) is 6.39. The summed E-state index contributed by atoms with van der Waals surface area (Å²) in [7, 11) is -2.19. The lowest BCUT2D eigenvalue weighted by molar-refractivity contribution is 0.111. The average molecular weight is 304 g/mol. The molecule has 0 aromatic carbocycles. The highest BCUT2D eigenvalue weighted by molar-refractivity contribution is 6.72. The van der Waals surface area contributed by atoms with Gasteiger partial charge in [0, 0.05) is 18.1 Å². The van der Waals surface area contributed by atoms with Gasteiger partial charge in [0.1, 0.15) is 5.69 Å². The molecule has 4 nitrogen and oxygen atoms in total. The summed E-state index contributed by atoms with van der Waals surface area (Å²) < 4.78 is 2.04. The zero-order valence-corrected chi connectivity index (χ0v) is 14.2. The Kier molecular flexibility index (Phi) is 4.25. The SMILES string of the molecule is CC(C)(CCc1cccn1-c1cc[nH]c1C=O)[Si](C)(C)O. The molecule has 0 fully saturated rings. The Hall–Kier alpha value is -1.59. The van der Waals surface area contributed by atoms with Crippen LogP contribution in [0.1, 0.15) is 36.5 Å². The summed E-state index contributed by atoms with van der Waals surface area (Å²) in [5.74, 6) is 0. The van der Waals surface area contributed by atoms with Crippen molar-refractivity contribution in [2.24, 2.45) is 0 Å². The first-order chi connectivity index (χ1) is 9.76. The first kappa shape index (κ1) is 15.8. The van der Waals surface area contributed by atoms with Gasteiger partial charge in [-0.05, 0) is 49.2 Å². The van der Waals surface area contributed by atoms with E-state index >= 15 is 0 Å². The fourth-order valence-corrected chi connectivity index (χ4v) is 3.02. The van der Waals surface area contributed by atoms with Crippen LogP contribution in [-0.2, 0) is 6.42 Å². The lowest BCUT2D eigenvalue weighted by Crippen LogP contribution is -2.39. The molecule has 5 heteroatoms. The van der Waals surface area contributed by atoms with Crippen molar-refractivity contribution in [1.29, 1.82) is 0 Å². The summed E-state index contributed by atoms with van der Waals surface area (Å²) in [5.41, 5.74) is 2.62. The van der Waals surface area contributed by atoms with Crippen LogP contribution in [-0.4, -0.2) is 29.0 Å². The number of hydrogen-bond donors (Lipinski definition) is 2. The molecule has 2 heterocycles. The maximum absolute atomic E-state index is 11.1. The van der Waals surface area contributed by atoms with Crippen molar-refractivity contribution in [2.75, 3.05) is 0 Å². The molecule has 2 aromatic heterocycles. The van der Waals surface area contributed by atoms with E-state index in [0.29, 0.717) is 5.69 Å². The Bertz CT molecular complexity index is 620. The van der Waals surface area contributed by atoms with E-state index in [0.717, 1.165) is 30.5 Å². The van der Waals surface area contributed by atoms with Crippen LogP contribution in [0.5, 0.6) is 0 Å². The van der Waals surface area contributed by atoms with Gasteiger partial charge in [-0.2, -0.15) is 0 Å². The molecule has 114 valence electrons. The normalized spacial score (nSPS) is 12.6. The predicted molar refractivity (Wildman–Crippen MR) is 87.6 cm³/mol. The Morgan fingerprint density at radius 1 is 1.38 bits per heavy atom. The van der Waals surface area contributed by atoms with Gasteiger partial charge in [-0.3, -0.25) is 4.79 Å². The number of rotatable bonds is 6. The number of aryl methyl sites for hydroxylation is 1. The minimum absolute atomic E-state index is 0.0479. The number of aromatic amines is 1. The number of carbonyl (C=O) groups is 1. The Balaban J connectivity index is 2.21. The molecular weight excluding hydrogens is 280 g/mol. The van der Waals surface area contributed by atoms with Crippen molar-refractivity contribution in [3.63, 3.8) is 0 Å². The van der Waals surface area contributed by atoms with Crippen molar-refractivity contribution in [3.8, 4) is 5.69 Å². The van der Waals surface area contributed by atoms with Gasteiger partial charge in [0.15, 0.2) is 14.6 Å². The Labute approximate surface area is 126 Å². The molecule has 0 aliphatic rings. The molecule has 0 saturated heterocycles. The van der Waals surface area contributed by atoms with Crippen molar-refractivity contribution in [1.82, 2.24) is 9.55 Å². The van der Waals surface area contributed by atoms with Crippen molar-refractivity contribution in [2.45, 2.75) is 44.8 Å². The molecule has 0 saturated carbocycles. The molecule has 0 aliphatic carbocycles. The monoisotopic (exact) mass is 304 g/mol. The third-order valence-electron chi connectivity index (χ3n) is 4.63. The van der Waals surface area contributed by atoms with Gasteiger partial charge in [0.25, 0.3) is 0 Å². The van der Waals surface area contributed by atoms with Gasteiger partial charge in [-0.1, -0.05) is 13.8 Å². The lowest BCUT2D eigenvalue weighted by Gasteiger charge is -2.35. The fourth-order valence-electron chi connectivity index (χ4n) is 2.28. The standard InChI is InChI=1S/C16H24N2O2Si/c1-16(2,21(3,4)20)9-7-13-6-5-11-18(13)15-8-10-17-14(15)12-19/h5-6,8,10-12,17,20H,7,9H2,1-4H3. The second-order valence-corrected chi connectivity index (χ2v) is 11.2. The molecule has 0 radical (unpaired) electrons. The third-order valence-corrected chi connectivity index (χ3v) is 8.19. The molecule has 0 spiro atoms. The molecule has 0 amide bonds. The zero-order chi connectivity index (χ0) is 15.7. The first-order valence-electron chi connectivity index (χ1n) is 7.28. The molecule has 0 atom stereocenters. The van der Waals surface area contributed by atoms with Crippen LogP contribution in [0.3, 0.4) is 0 Å². The van der Waals surface area contributed by atoms with Gasteiger partial charge in [-0.15, -0.1) is 0 Å². The van der Waals surface area contributed by atoms with Crippen LogP contribution in [0, 0.1) is 0 Å². The molecule has 2 N–H and O–H groups in total. The average Bonchev–Trinajstić information content (AvgIpc) is 3.02. The van der Waals surface area contributed by atoms with E-state index in [1.54, 1.807) is 6.20 Å². The van der Waals surface area contributed by atoms with Crippen LogP contribution in [0.25, 0.3) is 5.69 Å². The maximum Gasteiger partial charge on any atom is 0.188 e. The summed E-state index contributed by atoms with van der Waals surface area (Å²) in [5, 5.41) is -0.0479. The highest BCUT2D eigenvalue weighted by Gasteiger charge is 2.37. The third kappa shape index (κ3) is 3.19. The van der Waals surface area contributed by atoms with Gasteiger partial charge >= 0.3 is 0 Å². The van der Waals surface area contributed by atoms with Crippen LogP contribution < -0.4 is 0 Å². The van der Waals surface area contributed by atoms with Gasteiger partial charge in [0.2, 0.25) is 0 Å². The van der Waals surface area contributed by atoms with E-state index in [2.05, 4.69) is 24.9 Å². The number of aldehydes is 1. The highest BCUT2D eigenvalue weighted by Crippen LogP contribution is 2.39. The summed E-state index contributed by atoms with van der Waals surface area (Å²) in [6.45, 7) is 8.25. The summed E-state index contributed by atoms with van der Waals surface area (Å²) in [4.78, 5) is 24.4. The molecule has 2 aromatic rings. The molecule has 2 rings (SSSR count). The van der Waals surface area contributed by atoms with Gasteiger partial charge in [-0.25, -0.2) is 0 Å². The quantitative estimate of drug-likeness (QED) is 0.633. The predicted octanol–water partition coefficient (Wildman–Crippen LogP) is 3.53. The number of aromatic nitrogens is 2. The molecule has 0 aliphatic heterocycles. The number of carbonyl (C=O) groups excluding carboxylic acids is 1. The van der Waals surface area contributed by atoms with Crippen LogP contribution in [0.4, 0.5) is 0 Å². The van der Waals surface area contributed by atoms with Crippen LogP contribution in [0.15, 0.2) is 30.6 Å². The van der Waals surface area contributed by atoms with Gasteiger partial charge in [0.05, 0.1) is 5.69 Å². The summed E-state index contributed by atoms with van der Waals surface area (Å²) >= 11 is 0. The number of nitrogens with zero attached hydrogens (tertiary/aromatic N) is 1. The van der Waals surface area contributed by atoms with Crippen LogP contribution >= 0.6 is 0 Å². The van der Waals surface area contributed by atoms with E-state index in [4.69, 9.17) is 0 Å². The van der Waals surface area contributed by atoms with E-state index in [-0.39, 0.29) is 5.04 Å². The maximum atomic E-state index is 11.1. The molecule has 0 unspecified atom stereocenters. The minimum atomic E-state index is -2.19. The van der Waals surface area contributed by atoms with Gasteiger partial charge < -0.3 is 14.3 Å². The Morgan fingerprint density at radius 2 is 2.10 bits per heavy atom. The summed E-state index contributed by atoms with van der Waals surface area (Å²) in [6, 6.07) is 5.97. The van der Waals surface area contributed by atoms with E-state index in [1.165, 1.54) is 0 Å². The van der Waals surface area contributed by atoms with Crippen molar-refractivity contribution >= 4 is 14.6 Å². The second kappa shape index (κ2) is 5.65. The number of H-pyrrole nitrogens is 1. The highest BCUT2D eigenvalue weighted by atomic mass is 28.4. The van der Waals surface area contributed by atoms with Crippen LogP contribution in [0.2, 0.25) is 18.1 Å².